The van der Waals surface area contributed by atoms with E-state index in [0.717, 1.165) is 23.1 Å². The molecule has 1 heterocycles. The number of nitrogens with zero attached hydrogens (tertiary/aromatic N) is 1. The summed E-state index contributed by atoms with van der Waals surface area (Å²) >= 11 is 0. The van der Waals surface area contributed by atoms with Gasteiger partial charge < -0.3 is 10.5 Å². The van der Waals surface area contributed by atoms with Gasteiger partial charge in [-0.2, -0.15) is 0 Å². The molecule has 0 atom stereocenters. The Morgan fingerprint density at radius 1 is 0.950 bits per heavy atom. The standard InChI is InChI=1S/C17H16N2O/c18-10-9-13-5-8-17(19-12-13)20-16-7-6-14-3-1-2-4-15(14)11-16/h1-8,11-12H,9-10,18H2. The summed E-state index contributed by atoms with van der Waals surface area (Å²) in [5, 5.41) is 2.36. The van der Waals surface area contributed by atoms with Crippen LogP contribution in [0.2, 0.25) is 0 Å². The number of hydrogen-bond acceptors (Lipinski definition) is 3. The second-order valence-corrected chi connectivity index (χ2v) is 4.65. The molecule has 2 N–H and O–H groups in total. The molecule has 0 saturated heterocycles. The first-order valence-corrected chi connectivity index (χ1v) is 6.67. The number of ether oxygens (including phenoxy) is 1. The number of benzene rings is 2. The molecule has 0 aliphatic carbocycles. The molecule has 3 heteroatoms. The molecule has 3 nitrogen and oxygen atoms in total. The summed E-state index contributed by atoms with van der Waals surface area (Å²) < 4.78 is 5.78. The molecule has 20 heavy (non-hydrogen) atoms. The summed E-state index contributed by atoms with van der Waals surface area (Å²) in [7, 11) is 0. The van der Waals surface area contributed by atoms with Gasteiger partial charge in [0, 0.05) is 12.3 Å². The van der Waals surface area contributed by atoms with Gasteiger partial charge in [-0.1, -0.05) is 36.4 Å². The van der Waals surface area contributed by atoms with Crippen molar-refractivity contribution in [2.24, 2.45) is 5.73 Å². The van der Waals surface area contributed by atoms with Crippen LogP contribution in [0, 0.1) is 0 Å². The monoisotopic (exact) mass is 264 g/mol. The zero-order valence-corrected chi connectivity index (χ0v) is 11.1. The molecule has 0 amide bonds. The van der Waals surface area contributed by atoms with Crippen LogP contribution in [0.1, 0.15) is 5.56 Å². The van der Waals surface area contributed by atoms with E-state index in [1.54, 1.807) is 0 Å². The molecular formula is C17H16N2O. The molecule has 100 valence electrons. The van der Waals surface area contributed by atoms with Crippen molar-refractivity contribution < 1.29 is 4.74 Å². The van der Waals surface area contributed by atoms with Crippen molar-refractivity contribution in [3.63, 3.8) is 0 Å². The molecule has 1 aromatic heterocycles. The lowest BCUT2D eigenvalue weighted by molar-refractivity contribution is 0.463. The Morgan fingerprint density at radius 2 is 1.80 bits per heavy atom. The van der Waals surface area contributed by atoms with Crippen molar-refractivity contribution in [2.75, 3.05) is 6.54 Å². The van der Waals surface area contributed by atoms with Gasteiger partial charge in [-0.25, -0.2) is 4.98 Å². The normalized spacial score (nSPS) is 10.7. The Kier molecular flexibility index (Phi) is 3.61. The predicted octanol–water partition coefficient (Wildman–Crippen LogP) is 3.53. The molecule has 0 unspecified atom stereocenters. The molecule has 0 spiro atoms. The van der Waals surface area contributed by atoms with Gasteiger partial charge in [0.05, 0.1) is 0 Å². The van der Waals surface area contributed by atoms with Crippen LogP contribution in [0.15, 0.2) is 60.8 Å². The van der Waals surface area contributed by atoms with E-state index in [4.69, 9.17) is 10.5 Å². The maximum atomic E-state index is 5.78. The molecule has 3 aromatic rings. The fourth-order valence-electron chi connectivity index (χ4n) is 2.14. The van der Waals surface area contributed by atoms with Gasteiger partial charge in [0.15, 0.2) is 0 Å². The van der Waals surface area contributed by atoms with E-state index in [-0.39, 0.29) is 0 Å². The number of fused-ring (bicyclic) bond motifs is 1. The average Bonchev–Trinajstić information content (AvgIpc) is 2.49. The molecule has 0 aliphatic heterocycles. The van der Waals surface area contributed by atoms with Crippen LogP contribution in [0.5, 0.6) is 11.6 Å². The minimum absolute atomic E-state index is 0.598. The second-order valence-electron chi connectivity index (χ2n) is 4.65. The number of rotatable bonds is 4. The summed E-state index contributed by atoms with van der Waals surface area (Å²) in [5.41, 5.74) is 6.64. The minimum atomic E-state index is 0.598. The van der Waals surface area contributed by atoms with Crippen LogP contribution in [0.25, 0.3) is 10.8 Å². The summed E-state index contributed by atoms with van der Waals surface area (Å²) in [6.45, 7) is 0.632. The number of aromatic nitrogens is 1. The average molecular weight is 264 g/mol. The van der Waals surface area contributed by atoms with E-state index in [2.05, 4.69) is 17.1 Å². The smallest absolute Gasteiger partial charge is 0.219 e. The lowest BCUT2D eigenvalue weighted by Gasteiger charge is -2.06. The fraction of sp³-hybridized carbons (Fsp3) is 0.118. The minimum Gasteiger partial charge on any atom is -0.439 e. The lowest BCUT2D eigenvalue weighted by atomic mass is 10.1. The van der Waals surface area contributed by atoms with Crippen molar-refractivity contribution in [1.29, 1.82) is 0 Å². The first-order valence-electron chi connectivity index (χ1n) is 6.67. The van der Waals surface area contributed by atoms with Gasteiger partial charge in [-0.15, -0.1) is 0 Å². The predicted molar refractivity (Wildman–Crippen MR) is 81.0 cm³/mol. The second kappa shape index (κ2) is 5.72. The van der Waals surface area contributed by atoms with Crippen LogP contribution in [-0.4, -0.2) is 11.5 Å². The van der Waals surface area contributed by atoms with Crippen LogP contribution in [-0.2, 0) is 6.42 Å². The highest BCUT2D eigenvalue weighted by atomic mass is 16.5. The summed E-state index contributed by atoms with van der Waals surface area (Å²) in [6, 6.07) is 18.1. The zero-order valence-electron chi connectivity index (χ0n) is 11.1. The van der Waals surface area contributed by atoms with Crippen LogP contribution >= 0.6 is 0 Å². The first-order chi connectivity index (χ1) is 9.85. The van der Waals surface area contributed by atoms with Crippen molar-refractivity contribution >= 4 is 10.8 Å². The van der Waals surface area contributed by atoms with Gasteiger partial charge in [0.1, 0.15) is 5.75 Å². The van der Waals surface area contributed by atoms with E-state index >= 15 is 0 Å². The van der Waals surface area contributed by atoms with Crippen LogP contribution in [0.4, 0.5) is 0 Å². The van der Waals surface area contributed by atoms with Gasteiger partial charge in [0.2, 0.25) is 5.88 Å². The fourth-order valence-corrected chi connectivity index (χ4v) is 2.14. The molecule has 0 bridgehead atoms. The summed E-state index contributed by atoms with van der Waals surface area (Å²) in [5.74, 6) is 1.39. The maximum absolute atomic E-state index is 5.78. The van der Waals surface area contributed by atoms with Crippen LogP contribution in [0.3, 0.4) is 0 Å². The van der Waals surface area contributed by atoms with E-state index in [9.17, 15) is 0 Å². The zero-order chi connectivity index (χ0) is 13.8. The molecule has 0 radical (unpaired) electrons. The third-order valence-corrected chi connectivity index (χ3v) is 3.17. The highest BCUT2D eigenvalue weighted by Crippen LogP contribution is 2.24. The van der Waals surface area contributed by atoms with E-state index in [0.29, 0.717) is 12.4 Å². The Labute approximate surface area is 118 Å². The van der Waals surface area contributed by atoms with E-state index < -0.39 is 0 Å². The SMILES string of the molecule is NCCc1ccc(Oc2ccc3ccccc3c2)nc1. The topological polar surface area (TPSA) is 48.1 Å². The van der Waals surface area contributed by atoms with Crippen molar-refractivity contribution in [3.8, 4) is 11.6 Å². The van der Waals surface area contributed by atoms with Gasteiger partial charge in [0.25, 0.3) is 0 Å². The third kappa shape index (κ3) is 2.78. The number of nitrogens with two attached hydrogens (primary N) is 1. The van der Waals surface area contributed by atoms with E-state index in [1.807, 2.05) is 48.7 Å². The quantitative estimate of drug-likeness (QED) is 0.784. The Hall–Kier alpha value is -2.39. The van der Waals surface area contributed by atoms with Crippen molar-refractivity contribution in [1.82, 2.24) is 4.98 Å². The van der Waals surface area contributed by atoms with Gasteiger partial charge in [-0.3, -0.25) is 0 Å². The van der Waals surface area contributed by atoms with Gasteiger partial charge >= 0.3 is 0 Å². The van der Waals surface area contributed by atoms with Crippen LogP contribution < -0.4 is 10.5 Å². The molecule has 2 aromatic carbocycles. The van der Waals surface area contributed by atoms with Crippen molar-refractivity contribution in [2.45, 2.75) is 6.42 Å². The number of pyridine rings is 1. The molecule has 3 rings (SSSR count). The Balaban J connectivity index is 1.81. The molecule has 0 fully saturated rings. The summed E-state index contributed by atoms with van der Waals surface area (Å²) in [6.07, 6.45) is 2.65. The molecule has 0 saturated carbocycles. The third-order valence-electron chi connectivity index (χ3n) is 3.17. The summed E-state index contributed by atoms with van der Waals surface area (Å²) in [4.78, 5) is 4.29. The lowest BCUT2D eigenvalue weighted by Crippen LogP contribution is -2.02. The highest BCUT2D eigenvalue weighted by molar-refractivity contribution is 5.83. The van der Waals surface area contributed by atoms with Gasteiger partial charge in [-0.05, 0) is 41.4 Å². The molecular weight excluding hydrogens is 248 g/mol. The largest absolute Gasteiger partial charge is 0.439 e. The van der Waals surface area contributed by atoms with E-state index in [1.165, 1.54) is 5.39 Å². The Bertz CT molecular complexity index is 708. The maximum Gasteiger partial charge on any atom is 0.219 e. The molecule has 0 aliphatic rings. The highest BCUT2D eigenvalue weighted by Gasteiger charge is 2.01. The van der Waals surface area contributed by atoms with Crippen molar-refractivity contribution in [3.05, 3.63) is 66.4 Å². The first kappa shape index (κ1) is 12.6. The Morgan fingerprint density at radius 3 is 2.55 bits per heavy atom. The number of hydrogen-bond donors (Lipinski definition) is 1.